The van der Waals surface area contributed by atoms with Crippen LogP contribution < -0.4 is 17.0 Å². The molecule has 0 radical (unpaired) electrons. The van der Waals surface area contributed by atoms with Crippen molar-refractivity contribution >= 4 is 17.2 Å². The van der Waals surface area contributed by atoms with E-state index in [-0.39, 0.29) is 11.5 Å². The zero-order chi connectivity index (χ0) is 14.0. The first-order chi connectivity index (χ1) is 8.91. The first kappa shape index (κ1) is 14.0. The van der Waals surface area contributed by atoms with E-state index in [0.717, 1.165) is 16.3 Å². The quantitative estimate of drug-likeness (QED) is 0.501. The molecule has 2 rings (SSSR count). The van der Waals surface area contributed by atoms with Crippen molar-refractivity contribution < 1.29 is 0 Å². The van der Waals surface area contributed by atoms with E-state index in [9.17, 15) is 0 Å². The number of nitrogen functional groups attached to an aromatic ring is 1. The van der Waals surface area contributed by atoms with Gasteiger partial charge in [-0.25, -0.2) is 4.98 Å². The van der Waals surface area contributed by atoms with E-state index in [2.05, 4.69) is 46.8 Å². The van der Waals surface area contributed by atoms with E-state index in [1.54, 1.807) is 17.5 Å². The van der Waals surface area contributed by atoms with Crippen molar-refractivity contribution in [3.63, 3.8) is 0 Å². The number of nitrogens with zero attached hydrogens (tertiary/aromatic N) is 2. The van der Waals surface area contributed by atoms with Gasteiger partial charge in [0.2, 0.25) is 0 Å². The molecule has 0 saturated heterocycles. The third kappa shape index (κ3) is 3.12. The van der Waals surface area contributed by atoms with Crippen LogP contribution in [0.25, 0.3) is 0 Å². The van der Waals surface area contributed by atoms with Gasteiger partial charge in [-0.3, -0.25) is 16.4 Å². The van der Waals surface area contributed by atoms with Crippen molar-refractivity contribution in [2.45, 2.75) is 38.6 Å². The number of rotatable bonds is 4. The third-order valence-corrected chi connectivity index (χ3v) is 3.85. The molecule has 0 bridgehead atoms. The summed E-state index contributed by atoms with van der Waals surface area (Å²) in [4.78, 5) is 4.66. The SMILES string of the molecule is CC(C)(C)c1csc(CC(NN)c2cn[nH]c2N)n1. The van der Waals surface area contributed by atoms with Gasteiger partial charge in [-0.1, -0.05) is 20.8 Å². The zero-order valence-corrected chi connectivity index (χ0v) is 12.2. The summed E-state index contributed by atoms with van der Waals surface area (Å²) in [5, 5.41) is 9.76. The lowest BCUT2D eigenvalue weighted by atomic mass is 9.93. The van der Waals surface area contributed by atoms with Crippen LogP contribution in [0.1, 0.15) is 43.1 Å². The number of aromatic nitrogens is 3. The molecule has 6 nitrogen and oxygen atoms in total. The summed E-state index contributed by atoms with van der Waals surface area (Å²) in [5.74, 6) is 6.14. The lowest BCUT2D eigenvalue weighted by Crippen LogP contribution is -2.30. The Labute approximate surface area is 116 Å². The molecule has 2 heterocycles. The Bertz CT molecular complexity index is 538. The number of nitrogens with one attached hydrogen (secondary N) is 2. The highest BCUT2D eigenvalue weighted by atomic mass is 32.1. The number of hydrazine groups is 1. The van der Waals surface area contributed by atoms with Crippen LogP contribution in [0.4, 0.5) is 5.82 Å². The molecule has 0 aliphatic rings. The van der Waals surface area contributed by atoms with Crippen LogP contribution in [0.15, 0.2) is 11.6 Å². The van der Waals surface area contributed by atoms with Gasteiger partial charge >= 0.3 is 0 Å². The van der Waals surface area contributed by atoms with Gasteiger partial charge in [-0.15, -0.1) is 11.3 Å². The maximum absolute atomic E-state index is 5.81. The molecule has 1 unspecified atom stereocenters. The molecule has 0 aliphatic heterocycles. The first-order valence-corrected chi connectivity index (χ1v) is 6.99. The normalized spacial score (nSPS) is 13.7. The first-order valence-electron chi connectivity index (χ1n) is 6.11. The average Bonchev–Trinajstić information content (AvgIpc) is 2.94. The van der Waals surface area contributed by atoms with Gasteiger partial charge in [-0.2, -0.15) is 5.10 Å². The minimum absolute atomic E-state index is 0.0645. The number of anilines is 1. The van der Waals surface area contributed by atoms with Gasteiger partial charge in [-0.05, 0) is 0 Å². The molecule has 6 N–H and O–H groups in total. The number of nitrogens with two attached hydrogens (primary N) is 2. The monoisotopic (exact) mass is 280 g/mol. The second kappa shape index (κ2) is 5.28. The lowest BCUT2D eigenvalue weighted by Gasteiger charge is -2.15. The zero-order valence-electron chi connectivity index (χ0n) is 11.4. The molecule has 104 valence electrons. The van der Waals surface area contributed by atoms with Gasteiger partial charge in [0.15, 0.2) is 0 Å². The molecule has 2 aromatic heterocycles. The van der Waals surface area contributed by atoms with Crippen LogP contribution in [-0.2, 0) is 11.8 Å². The second-order valence-corrected chi connectivity index (χ2v) is 6.48. The topological polar surface area (TPSA) is 106 Å². The fourth-order valence-electron chi connectivity index (χ4n) is 1.77. The van der Waals surface area contributed by atoms with Crippen LogP contribution in [0.3, 0.4) is 0 Å². The van der Waals surface area contributed by atoms with Crippen molar-refractivity contribution in [3.05, 3.63) is 27.8 Å². The van der Waals surface area contributed by atoms with Crippen LogP contribution in [0.5, 0.6) is 0 Å². The molecule has 0 aromatic carbocycles. The highest BCUT2D eigenvalue weighted by Gasteiger charge is 2.20. The second-order valence-electron chi connectivity index (χ2n) is 5.54. The highest BCUT2D eigenvalue weighted by Crippen LogP contribution is 2.27. The predicted molar refractivity (Wildman–Crippen MR) is 77.6 cm³/mol. The minimum Gasteiger partial charge on any atom is -0.384 e. The summed E-state index contributed by atoms with van der Waals surface area (Å²) in [6, 6.07) is -0.0854. The Kier molecular flexibility index (Phi) is 3.88. The Morgan fingerprint density at radius 1 is 1.47 bits per heavy atom. The van der Waals surface area contributed by atoms with E-state index < -0.39 is 0 Å². The smallest absolute Gasteiger partial charge is 0.123 e. The van der Waals surface area contributed by atoms with E-state index in [0.29, 0.717) is 12.2 Å². The van der Waals surface area contributed by atoms with Crippen LogP contribution >= 0.6 is 11.3 Å². The van der Waals surface area contributed by atoms with Crippen molar-refractivity contribution in [1.82, 2.24) is 20.6 Å². The molecule has 0 aliphatic carbocycles. The summed E-state index contributed by atoms with van der Waals surface area (Å²) in [7, 11) is 0. The van der Waals surface area contributed by atoms with Gasteiger partial charge in [0.1, 0.15) is 5.82 Å². The summed E-state index contributed by atoms with van der Waals surface area (Å²) in [6.07, 6.45) is 2.39. The van der Waals surface area contributed by atoms with Crippen LogP contribution in [0, 0.1) is 0 Å². The number of hydrogen-bond acceptors (Lipinski definition) is 6. The van der Waals surface area contributed by atoms with Crippen molar-refractivity contribution in [2.75, 3.05) is 5.73 Å². The van der Waals surface area contributed by atoms with Crippen molar-refractivity contribution in [1.29, 1.82) is 0 Å². The molecule has 2 aromatic rings. The molecule has 0 fully saturated rings. The molecular formula is C12H20N6S. The number of H-pyrrole nitrogens is 1. The Balaban J connectivity index is 2.16. The number of aromatic amines is 1. The number of hydrogen-bond donors (Lipinski definition) is 4. The number of thiazole rings is 1. The summed E-state index contributed by atoms with van der Waals surface area (Å²) < 4.78 is 0. The van der Waals surface area contributed by atoms with E-state index in [4.69, 9.17) is 11.6 Å². The summed E-state index contributed by atoms with van der Waals surface area (Å²) >= 11 is 1.65. The molecule has 19 heavy (non-hydrogen) atoms. The predicted octanol–water partition coefficient (Wildman–Crippen LogP) is 1.49. The van der Waals surface area contributed by atoms with Crippen LogP contribution in [-0.4, -0.2) is 15.2 Å². The third-order valence-electron chi connectivity index (χ3n) is 2.98. The maximum atomic E-state index is 5.81. The standard InChI is InChI=1S/C12H20N6S/c1-12(2,3)9-6-19-10(16-9)4-8(17-14)7-5-15-18-11(7)13/h5-6,8,17H,4,14H2,1-3H3,(H3,13,15,18). The van der Waals surface area contributed by atoms with E-state index in [1.165, 1.54) is 0 Å². The fourth-order valence-corrected chi connectivity index (χ4v) is 2.83. The fraction of sp³-hybridized carbons (Fsp3) is 0.500. The largest absolute Gasteiger partial charge is 0.384 e. The van der Waals surface area contributed by atoms with Crippen molar-refractivity contribution in [3.8, 4) is 0 Å². The van der Waals surface area contributed by atoms with E-state index in [1.807, 2.05) is 0 Å². The average molecular weight is 280 g/mol. The van der Waals surface area contributed by atoms with E-state index >= 15 is 0 Å². The van der Waals surface area contributed by atoms with Gasteiger partial charge in [0, 0.05) is 22.8 Å². The van der Waals surface area contributed by atoms with Gasteiger partial charge in [0.05, 0.1) is 22.9 Å². The Morgan fingerprint density at radius 2 is 2.21 bits per heavy atom. The molecule has 1 atom stereocenters. The molecular weight excluding hydrogens is 260 g/mol. The van der Waals surface area contributed by atoms with Crippen LogP contribution in [0.2, 0.25) is 0 Å². The molecule has 7 heteroatoms. The van der Waals surface area contributed by atoms with Gasteiger partial charge < -0.3 is 5.73 Å². The summed E-state index contributed by atoms with van der Waals surface area (Å²) in [5.41, 5.74) is 10.6. The Hall–Kier alpha value is -1.44. The lowest BCUT2D eigenvalue weighted by molar-refractivity contribution is 0.542. The molecule has 0 amide bonds. The molecule has 0 saturated carbocycles. The van der Waals surface area contributed by atoms with Crippen molar-refractivity contribution in [2.24, 2.45) is 5.84 Å². The Morgan fingerprint density at radius 3 is 2.68 bits per heavy atom. The minimum atomic E-state index is -0.0854. The van der Waals surface area contributed by atoms with Gasteiger partial charge in [0.25, 0.3) is 0 Å². The summed E-state index contributed by atoms with van der Waals surface area (Å²) in [6.45, 7) is 6.45. The highest BCUT2D eigenvalue weighted by molar-refractivity contribution is 7.09. The molecule has 0 spiro atoms. The maximum Gasteiger partial charge on any atom is 0.123 e.